The van der Waals surface area contributed by atoms with Crippen LogP contribution in [0.2, 0.25) is 0 Å². The SMILES string of the molecule is CC(Cc1ccccc1)NC(=O)c1cccnc1. The monoisotopic (exact) mass is 240 g/mol. The normalized spacial score (nSPS) is 11.8. The number of nitrogens with zero attached hydrogens (tertiary/aromatic N) is 1. The minimum absolute atomic E-state index is 0.0773. The number of amides is 1. The van der Waals surface area contributed by atoms with E-state index < -0.39 is 0 Å². The molecule has 0 aliphatic carbocycles. The predicted molar refractivity (Wildman–Crippen MR) is 71.3 cm³/mol. The summed E-state index contributed by atoms with van der Waals surface area (Å²) in [7, 11) is 0. The van der Waals surface area contributed by atoms with E-state index in [1.165, 1.54) is 5.56 Å². The van der Waals surface area contributed by atoms with Crippen molar-refractivity contribution in [3.63, 3.8) is 0 Å². The number of aromatic nitrogens is 1. The van der Waals surface area contributed by atoms with Gasteiger partial charge in [-0.1, -0.05) is 30.3 Å². The second kappa shape index (κ2) is 5.96. The molecule has 0 radical (unpaired) electrons. The van der Waals surface area contributed by atoms with Gasteiger partial charge in [-0.05, 0) is 31.0 Å². The lowest BCUT2D eigenvalue weighted by Crippen LogP contribution is -2.34. The Labute approximate surface area is 107 Å². The maximum atomic E-state index is 11.9. The molecule has 3 nitrogen and oxygen atoms in total. The van der Waals surface area contributed by atoms with Gasteiger partial charge >= 0.3 is 0 Å². The highest BCUT2D eigenvalue weighted by atomic mass is 16.1. The highest BCUT2D eigenvalue weighted by molar-refractivity contribution is 5.93. The highest BCUT2D eigenvalue weighted by Gasteiger charge is 2.09. The maximum Gasteiger partial charge on any atom is 0.253 e. The van der Waals surface area contributed by atoms with E-state index in [0.717, 1.165) is 6.42 Å². The van der Waals surface area contributed by atoms with Gasteiger partial charge in [0.05, 0.1) is 5.56 Å². The number of hydrogen-bond acceptors (Lipinski definition) is 2. The first-order valence-electron chi connectivity index (χ1n) is 6.00. The lowest BCUT2D eigenvalue weighted by Gasteiger charge is -2.13. The van der Waals surface area contributed by atoms with E-state index in [-0.39, 0.29) is 11.9 Å². The quantitative estimate of drug-likeness (QED) is 0.891. The number of hydrogen-bond donors (Lipinski definition) is 1. The third-order valence-electron chi connectivity index (χ3n) is 2.69. The van der Waals surface area contributed by atoms with Crippen LogP contribution in [0.3, 0.4) is 0 Å². The Bertz CT molecular complexity index is 496. The topological polar surface area (TPSA) is 42.0 Å². The maximum absolute atomic E-state index is 11.9. The molecule has 2 rings (SSSR count). The number of carbonyl (C=O) groups excluding carboxylic acids is 1. The lowest BCUT2D eigenvalue weighted by molar-refractivity contribution is 0.0939. The number of rotatable bonds is 4. The van der Waals surface area contributed by atoms with Crippen LogP contribution in [-0.2, 0) is 6.42 Å². The molecule has 0 bridgehead atoms. The molecular formula is C15H16N2O. The Morgan fingerprint density at radius 3 is 2.67 bits per heavy atom. The van der Waals surface area contributed by atoms with Gasteiger partial charge in [-0.15, -0.1) is 0 Å². The molecule has 1 unspecified atom stereocenters. The highest BCUT2D eigenvalue weighted by Crippen LogP contribution is 2.04. The van der Waals surface area contributed by atoms with Crippen LogP contribution in [0.4, 0.5) is 0 Å². The van der Waals surface area contributed by atoms with E-state index in [0.29, 0.717) is 5.56 Å². The van der Waals surface area contributed by atoms with Gasteiger partial charge < -0.3 is 5.32 Å². The van der Waals surface area contributed by atoms with Crippen molar-refractivity contribution in [3.05, 3.63) is 66.0 Å². The van der Waals surface area contributed by atoms with Gasteiger partial charge in [0.25, 0.3) is 5.91 Å². The van der Waals surface area contributed by atoms with E-state index in [1.54, 1.807) is 24.5 Å². The average Bonchev–Trinajstić information content (AvgIpc) is 2.40. The van der Waals surface area contributed by atoms with Crippen LogP contribution in [0.15, 0.2) is 54.9 Å². The van der Waals surface area contributed by atoms with Crippen molar-refractivity contribution in [2.24, 2.45) is 0 Å². The smallest absolute Gasteiger partial charge is 0.253 e. The molecule has 0 saturated carbocycles. The molecule has 0 fully saturated rings. The summed E-state index contributed by atoms with van der Waals surface area (Å²) in [6, 6.07) is 13.7. The van der Waals surface area contributed by atoms with Crippen LogP contribution in [0.5, 0.6) is 0 Å². The van der Waals surface area contributed by atoms with Crippen LogP contribution >= 0.6 is 0 Å². The average molecular weight is 240 g/mol. The summed E-state index contributed by atoms with van der Waals surface area (Å²) in [4.78, 5) is 15.8. The first-order valence-corrected chi connectivity index (χ1v) is 6.00. The van der Waals surface area contributed by atoms with E-state index in [4.69, 9.17) is 0 Å². The Hall–Kier alpha value is -2.16. The van der Waals surface area contributed by atoms with E-state index in [2.05, 4.69) is 22.4 Å². The largest absolute Gasteiger partial charge is 0.349 e. The summed E-state index contributed by atoms with van der Waals surface area (Å²) in [5, 5.41) is 2.97. The van der Waals surface area contributed by atoms with Crippen LogP contribution in [0.1, 0.15) is 22.8 Å². The molecule has 1 amide bonds. The fourth-order valence-electron chi connectivity index (χ4n) is 1.82. The third kappa shape index (κ3) is 3.42. The zero-order valence-corrected chi connectivity index (χ0v) is 10.3. The minimum atomic E-state index is -0.0773. The number of pyridine rings is 1. The van der Waals surface area contributed by atoms with Gasteiger partial charge in [-0.2, -0.15) is 0 Å². The molecule has 18 heavy (non-hydrogen) atoms. The Balaban J connectivity index is 1.92. The molecule has 3 heteroatoms. The molecule has 1 atom stereocenters. The molecular weight excluding hydrogens is 224 g/mol. The lowest BCUT2D eigenvalue weighted by atomic mass is 10.1. The van der Waals surface area contributed by atoms with Crippen LogP contribution in [0, 0.1) is 0 Å². The van der Waals surface area contributed by atoms with Crippen LogP contribution in [-0.4, -0.2) is 16.9 Å². The van der Waals surface area contributed by atoms with Gasteiger partial charge in [0, 0.05) is 18.4 Å². The second-order valence-electron chi connectivity index (χ2n) is 4.31. The van der Waals surface area contributed by atoms with Crippen LogP contribution < -0.4 is 5.32 Å². The fraction of sp³-hybridized carbons (Fsp3) is 0.200. The summed E-state index contributed by atoms with van der Waals surface area (Å²) < 4.78 is 0. The first kappa shape index (κ1) is 12.3. The van der Waals surface area contributed by atoms with Crippen molar-refractivity contribution < 1.29 is 4.79 Å². The van der Waals surface area contributed by atoms with Crippen molar-refractivity contribution in [2.45, 2.75) is 19.4 Å². The zero-order chi connectivity index (χ0) is 12.8. The number of benzene rings is 1. The summed E-state index contributed by atoms with van der Waals surface area (Å²) in [6.45, 7) is 2.00. The summed E-state index contributed by atoms with van der Waals surface area (Å²) in [6.07, 6.45) is 4.06. The fourth-order valence-corrected chi connectivity index (χ4v) is 1.82. The summed E-state index contributed by atoms with van der Waals surface area (Å²) >= 11 is 0. The molecule has 0 aliphatic rings. The first-order chi connectivity index (χ1) is 8.75. The van der Waals surface area contributed by atoms with Gasteiger partial charge in [0.1, 0.15) is 0 Å². The standard InChI is InChI=1S/C15H16N2O/c1-12(10-13-6-3-2-4-7-13)17-15(18)14-8-5-9-16-11-14/h2-9,11-12H,10H2,1H3,(H,17,18). The summed E-state index contributed by atoms with van der Waals surface area (Å²) in [5.41, 5.74) is 1.81. The van der Waals surface area contributed by atoms with Crippen LogP contribution in [0.25, 0.3) is 0 Å². The molecule has 92 valence electrons. The van der Waals surface area contributed by atoms with E-state index in [1.807, 2.05) is 25.1 Å². The minimum Gasteiger partial charge on any atom is -0.349 e. The van der Waals surface area contributed by atoms with Crippen molar-refractivity contribution in [2.75, 3.05) is 0 Å². The van der Waals surface area contributed by atoms with Crippen molar-refractivity contribution in [1.29, 1.82) is 0 Å². The molecule has 1 N–H and O–H groups in total. The van der Waals surface area contributed by atoms with Gasteiger partial charge in [0.2, 0.25) is 0 Å². The second-order valence-corrected chi connectivity index (χ2v) is 4.31. The molecule has 0 aliphatic heterocycles. The Kier molecular flexibility index (Phi) is 4.07. The molecule has 1 aromatic heterocycles. The van der Waals surface area contributed by atoms with Gasteiger partial charge in [0.15, 0.2) is 0 Å². The van der Waals surface area contributed by atoms with E-state index >= 15 is 0 Å². The van der Waals surface area contributed by atoms with Crippen molar-refractivity contribution >= 4 is 5.91 Å². The van der Waals surface area contributed by atoms with E-state index in [9.17, 15) is 4.79 Å². The molecule has 2 aromatic rings. The third-order valence-corrected chi connectivity index (χ3v) is 2.69. The number of nitrogens with one attached hydrogen (secondary N) is 1. The van der Waals surface area contributed by atoms with Gasteiger partial charge in [-0.25, -0.2) is 0 Å². The Morgan fingerprint density at radius 2 is 2.00 bits per heavy atom. The summed E-state index contributed by atoms with van der Waals surface area (Å²) in [5.74, 6) is -0.0773. The zero-order valence-electron chi connectivity index (χ0n) is 10.3. The molecule has 0 spiro atoms. The molecule has 0 saturated heterocycles. The molecule has 1 aromatic carbocycles. The van der Waals surface area contributed by atoms with Crippen molar-refractivity contribution in [1.82, 2.24) is 10.3 Å². The van der Waals surface area contributed by atoms with Gasteiger partial charge in [-0.3, -0.25) is 9.78 Å². The number of carbonyl (C=O) groups is 1. The Morgan fingerprint density at radius 1 is 1.22 bits per heavy atom. The van der Waals surface area contributed by atoms with Crippen molar-refractivity contribution in [3.8, 4) is 0 Å². The molecule has 1 heterocycles. The predicted octanol–water partition coefficient (Wildman–Crippen LogP) is 2.44.